The van der Waals surface area contributed by atoms with Gasteiger partial charge in [-0.2, -0.15) is 0 Å². The summed E-state index contributed by atoms with van der Waals surface area (Å²) >= 11 is 5.36. The Morgan fingerprint density at radius 2 is 1.85 bits per heavy atom. The van der Waals surface area contributed by atoms with E-state index in [1.807, 2.05) is 12.1 Å². The average molecular weight is 447 g/mol. The number of non-ortho nitro benzene ring substituents is 1. The molecular weight excluding hydrogens is 439 g/mol. The minimum atomic E-state index is -0.491. The van der Waals surface area contributed by atoms with E-state index in [1.165, 1.54) is 18.2 Å². The van der Waals surface area contributed by atoms with Crippen LogP contribution in [0.4, 0.5) is 11.4 Å². The SMILES string of the molecule is O=C(Nc1ccc([N+](=O)[O-])cc1Br)c1ccc(I)cc1. The van der Waals surface area contributed by atoms with Crippen LogP contribution in [-0.4, -0.2) is 10.8 Å². The number of nitro groups is 1. The van der Waals surface area contributed by atoms with Crippen LogP contribution in [0.25, 0.3) is 0 Å². The third-order valence-corrected chi connectivity index (χ3v) is 3.89. The highest BCUT2D eigenvalue weighted by atomic mass is 127. The quantitative estimate of drug-likeness (QED) is 0.436. The van der Waals surface area contributed by atoms with Crippen LogP contribution in [0, 0.1) is 13.7 Å². The minimum absolute atomic E-state index is 0.0378. The number of nitro benzene ring substituents is 1. The maximum atomic E-state index is 12.0. The molecule has 2 rings (SSSR count). The van der Waals surface area contributed by atoms with E-state index >= 15 is 0 Å². The molecule has 0 unspecified atom stereocenters. The molecule has 0 saturated heterocycles. The van der Waals surface area contributed by atoms with Gasteiger partial charge in [0.2, 0.25) is 0 Å². The fourth-order valence-electron chi connectivity index (χ4n) is 1.51. The van der Waals surface area contributed by atoms with E-state index in [-0.39, 0.29) is 11.6 Å². The first kappa shape index (κ1) is 14.9. The van der Waals surface area contributed by atoms with Gasteiger partial charge in [-0.3, -0.25) is 14.9 Å². The molecule has 0 aliphatic carbocycles. The molecule has 0 radical (unpaired) electrons. The first-order chi connectivity index (χ1) is 9.47. The smallest absolute Gasteiger partial charge is 0.270 e. The molecule has 0 aliphatic heterocycles. The van der Waals surface area contributed by atoms with E-state index in [0.29, 0.717) is 15.7 Å². The lowest BCUT2D eigenvalue weighted by molar-refractivity contribution is -0.384. The van der Waals surface area contributed by atoms with Gasteiger partial charge < -0.3 is 5.32 Å². The van der Waals surface area contributed by atoms with Gasteiger partial charge in [0, 0.05) is 25.7 Å². The van der Waals surface area contributed by atoms with Gasteiger partial charge in [-0.15, -0.1) is 0 Å². The number of amides is 1. The summed E-state index contributed by atoms with van der Waals surface area (Å²) in [4.78, 5) is 22.2. The van der Waals surface area contributed by atoms with Crippen molar-refractivity contribution >= 4 is 55.8 Å². The first-order valence-electron chi connectivity index (χ1n) is 5.48. The molecule has 0 fully saturated rings. The lowest BCUT2D eigenvalue weighted by Gasteiger charge is -2.07. The molecule has 5 nitrogen and oxygen atoms in total. The van der Waals surface area contributed by atoms with Crippen LogP contribution in [0.15, 0.2) is 46.9 Å². The second-order valence-corrected chi connectivity index (χ2v) is 5.98. The van der Waals surface area contributed by atoms with Crippen molar-refractivity contribution in [3.05, 3.63) is 66.2 Å². The topological polar surface area (TPSA) is 72.2 Å². The second kappa shape index (κ2) is 6.31. The van der Waals surface area contributed by atoms with Crippen LogP contribution in [0.5, 0.6) is 0 Å². The van der Waals surface area contributed by atoms with Crippen LogP contribution in [-0.2, 0) is 0 Å². The third-order valence-electron chi connectivity index (χ3n) is 2.52. The normalized spacial score (nSPS) is 10.1. The zero-order valence-corrected chi connectivity index (χ0v) is 13.7. The number of nitrogens with one attached hydrogen (secondary N) is 1. The summed E-state index contributed by atoms with van der Waals surface area (Å²) in [6.07, 6.45) is 0. The summed E-state index contributed by atoms with van der Waals surface area (Å²) in [6, 6.07) is 11.3. The van der Waals surface area contributed by atoms with Crippen LogP contribution >= 0.6 is 38.5 Å². The number of hydrogen-bond acceptors (Lipinski definition) is 3. The Morgan fingerprint density at radius 3 is 2.40 bits per heavy atom. The second-order valence-electron chi connectivity index (χ2n) is 3.88. The Hall–Kier alpha value is -1.48. The van der Waals surface area contributed by atoms with Gasteiger partial charge in [-0.05, 0) is 68.9 Å². The highest BCUT2D eigenvalue weighted by Gasteiger charge is 2.12. The molecule has 20 heavy (non-hydrogen) atoms. The van der Waals surface area contributed by atoms with Crippen LogP contribution < -0.4 is 5.32 Å². The van der Waals surface area contributed by atoms with Crippen molar-refractivity contribution in [2.45, 2.75) is 0 Å². The van der Waals surface area contributed by atoms with E-state index in [4.69, 9.17) is 0 Å². The summed E-state index contributed by atoms with van der Waals surface area (Å²) in [5.74, 6) is -0.268. The largest absolute Gasteiger partial charge is 0.321 e. The van der Waals surface area contributed by atoms with Gasteiger partial charge in [-0.25, -0.2) is 0 Å². The number of carbonyl (C=O) groups is 1. The maximum Gasteiger partial charge on any atom is 0.270 e. The molecule has 102 valence electrons. The molecule has 0 bridgehead atoms. The van der Waals surface area contributed by atoms with Crippen molar-refractivity contribution in [3.63, 3.8) is 0 Å². The van der Waals surface area contributed by atoms with Crippen LogP contribution in [0.3, 0.4) is 0 Å². The zero-order valence-electron chi connectivity index (χ0n) is 9.97. The molecule has 0 aromatic heterocycles. The monoisotopic (exact) mass is 446 g/mol. The van der Waals surface area contributed by atoms with Crippen molar-refractivity contribution in [2.24, 2.45) is 0 Å². The third kappa shape index (κ3) is 3.54. The van der Waals surface area contributed by atoms with Crippen molar-refractivity contribution < 1.29 is 9.72 Å². The van der Waals surface area contributed by atoms with Gasteiger partial charge >= 0.3 is 0 Å². The molecule has 0 aliphatic rings. The molecule has 2 aromatic rings. The van der Waals surface area contributed by atoms with Crippen molar-refractivity contribution in [3.8, 4) is 0 Å². The summed E-state index contributed by atoms with van der Waals surface area (Å²) in [5.41, 5.74) is 0.971. The molecule has 0 atom stereocenters. The van der Waals surface area contributed by atoms with E-state index in [2.05, 4.69) is 43.8 Å². The van der Waals surface area contributed by atoms with Crippen molar-refractivity contribution in [2.75, 3.05) is 5.32 Å². The predicted molar refractivity (Wildman–Crippen MR) is 87.9 cm³/mol. The Kier molecular flexibility index (Phi) is 4.71. The van der Waals surface area contributed by atoms with Crippen molar-refractivity contribution in [1.29, 1.82) is 0 Å². The van der Waals surface area contributed by atoms with E-state index in [1.54, 1.807) is 12.1 Å². The number of benzene rings is 2. The summed E-state index contributed by atoms with van der Waals surface area (Å²) in [5, 5.41) is 13.3. The average Bonchev–Trinajstić information content (AvgIpc) is 2.41. The van der Waals surface area contributed by atoms with Gasteiger partial charge in [0.05, 0.1) is 10.6 Å². The van der Waals surface area contributed by atoms with Gasteiger partial charge in [0.1, 0.15) is 0 Å². The highest BCUT2D eigenvalue weighted by molar-refractivity contribution is 14.1. The number of nitrogens with zero attached hydrogens (tertiary/aromatic N) is 1. The molecule has 7 heteroatoms. The fourth-order valence-corrected chi connectivity index (χ4v) is 2.34. The van der Waals surface area contributed by atoms with Gasteiger partial charge in [-0.1, -0.05) is 0 Å². The van der Waals surface area contributed by atoms with Crippen LogP contribution in [0.1, 0.15) is 10.4 Å². The van der Waals surface area contributed by atoms with Crippen molar-refractivity contribution in [1.82, 2.24) is 0 Å². The number of anilines is 1. The Balaban J connectivity index is 2.19. The molecule has 2 aromatic carbocycles. The van der Waals surface area contributed by atoms with E-state index in [0.717, 1.165) is 3.57 Å². The Bertz CT molecular complexity index is 674. The fraction of sp³-hybridized carbons (Fsp3) is 0. The van der Waals surface area contributed by atoms with Gasteiger partial charge in [0.15, 0.2) is 0 Å². The van der Waals surface area contributed by atoms with Crippen LogP contribution in [0.2, 0.25) is 0 Å². The summed E-state index contributed by atoms with van der Waals surface area (Å²) in [7, 11) is 0. The molecule has 0 heterocycles. The van der Waals surface area contributed by atoms with E-state index < -0.39 is 4.92 Å². The summed E-state index contributed by atoms with van der Waals surface area (Å²) in [6.45, 7) is 0. The molecule has 1 N–H and O–H groups in total. The Labute approximate surface area is 136 Å². The summed E-state index contributed by atoms with van der Waals surface area (Å²) < 4.78 is 1.50. The lowest BCUT2D eigenvalue weighted by Crippen LogP contribution is -2.12. The lowest BCUT2D eigenvalue weighted by atomic mass is 10.2. The zero-order chi connectivity index (χ0) is 14.7. The number of halogens is 2. The molecule has 0 spiro atoms. The Morgan fingerprint density at radius 1 is 1.20 bits per heavy atom. The number of carbonyl (C=O) groups excluding carboxylic acids is 1. The number of rotatable bonds is 3. The van der Waals surface area contributed by atoms with E-state index in [9.17, 15) is 14.9 Å². The predicted octanol–water partition coefficient (Wildman–Crippen LogP) is 4.21. The first-order valence-corrected chi connectivity index (χ1v) is 7.35. The molecule has 1 amide bonds. The standard InChI is InChI=1S/C13H8BrIN2O3/c14-11-7-10(17(19)20)5-6-12(11)16-13(18)8-1-3-9(15)4-2-8/h1-7H,(H,16,18). The molecule has 0 saturated carbocycles. The molecular formula is C13H8BrIN2O3. The highest BCUT2D eigenvalue weighted by Crippen LogP contribution is 2.27. The minimum Gasteiger partial charge on any atom is -0.321 e. The van der Waals surface area contributed by atoms with Gasteiger partial charge in [0.25, 0.3) is 11.6 Å². The maximum absolute atomic E-state index is 12.0. The number of hydrogen-bond donors (Lipinski definition) is 1.